The van der Waals surface area contributed by atoms with E-state index in [1.807, 2.05) is 0 Å². The third-order valence-corrected chi connectivity index (χ3v) is 6.09. The van der Waals surface area contributed by atoms with Crippen LogP contribution in [0, 0.1) is 0 Å². The minimum atomic E-state index is -1.23. The first-order chi connectivity index (χ1) is 17.1. The number of rotatable bonds is 5. The van der Waals surface area contributed by atoms with E-state index in [9.17, 15) is 29.7 Å². The number of hydrogen-bond acceptors (Lipinski definition) is 8. The zero-order valence-electron chi connectivity index (χ0n) is 20.0. The average molecular weight is 500 g/mol. The van der Waals surface area contributed by atoms with Crippen LogP contribution >= 0.6 is 0 Å². The van der Waals surface area contributed by atoms with E-state index in [1.165, 1.54) is 12.1 Å². The molecular formula is C25H33N5O6. The zero-order chi connectivity index (χ0) is 26.4. The number of nitrogens with two attached hydrogens (primary N) is 2. The Morgan fingerprint density at radius 1 is 1.03 bits per heavy atom. The Kier molecular flexibility index (Phi) is 8.86. The zero-order valence-corrected chi connectivity index (χ0v) is 20.0. The van der Waals surface area contributed by atoms with Crippen LogP contribution in [0.1, 0.15) is 24.5 Å². The predicted molar refractivity (Wildman–Crippen MR) is 133 cm³/mol. The summed E-state index contributed by atoms with van der Waals surface area (Å²) < 4.78 is 0. The monoisotopic (exact) mass is 499 g/mol. The molecule has 0 fully saturated rings. The molecule has 0 spiro atoms. The summed E-state index contributed by atoms with van der Waals surface area (Å²) in [6.45, 7) is 1.90. The molecule has 0 radical (unpaired) electrons. The molecule has 0 aromatic heterocycles. The van der Waals surface area contributed by atoms with E-state index in [1.54, 1.807) is 31.2 Å². The van der Waals surface area contributed by atoms with E-state index in [2.05, 4.69) is 16.0 Å². The molecule has 3 rings (SSSR count). The molecule has 36 heavy (non-hydrogen) atoms. The molecule has 1 aliphatic heterocycles. The fraction of sp³-hybridized carbons (Fsp3) is 0.400. The third kappa shape index (κ3) is 6.51. The number of fused-ring (bicyclic) bond motifs is 5. The Morgan fingerprint density at radius 2 is 1.61 bits per heavy atom. The normalized spacial score (nSPS) is 21.4. The van der Waals surface area contributed by atoms with Crippen LogP contribution in [-0.2, 0) is 27.2 Å². The number of likely N-dealkylation sites (N-methyl/N-ethyl adjacent to an activating group) is 1. The summed E-state index contributed by atoms with van der Waals surface area (Å²) >= 11 is 0. The van der Waals surface area contributed by atoms with E-state index in [0.29, 0.717) is 28.8 Å². The largest absolute Gasteiger partial charge is 0.508 e. The van der Waals surface area contributed by atoms with Crippen molar-refractivity contribution in [3.05, 3.63) is 47.5 Å². The van der Waals surface area contributed by atoms with E-state index >= 15 is 0 Å². The number of benzene rings is 2. The molecule has 1 aliphatic rings. The van der Waals surface area contributed by atoms with Gasteiger partial charge in [0.25, 0.3) is 0 Å². The quantitative estimate of drug-likeness (QED) is 0.256. The lowest BCUT2D eigenvalue weighted by Crippen LogP contribution is -2.57. The van der Waals surface area contributed by atoms with Gasteiger partial charge in [-0.1, -0.05) is 12.1 Å². The standard InChI is InChI=1S/C25H33N5O6/c1-2-28-24(35)19-10-16-8-14(4-6-22(16)33)13-3-5-21(32)15(7-13)9-18(27)23(34)29-20(25(36)30-19)11-17(31)12-26/h3-8,17-20,31-33H,2,9-12,26-27H2,1H3,(H,28,35)(H,29,34)(H,30,36)/t17-,18-,19-,20-/m1/s1. The maximum atomic E-state index is 13.2. The minimum Gasteiger partial charge on any atom is -0.508 e. The Labute approximate surface area is 208 Å². The number of amides is 3. The Balaban J connectivity index is 2.10. The molecular weight excluding hydrogens is 466 g/mol. The number of carbonyl (C=O) groups excluding carboxylic acids is 3. The number of phenolic OH excluding ortho intramolecular Hbond substituents is 2. The van der Waals surface area contributed by atoms with Gasteiger partial charge in [0.15, 0.2) is 0 Å². The Morgan fingerprint density at radius 3 is 2.17 bits per heavy atom. The summed E-state index contributed by atoms with van der Waals surface area (Å²) in [5.41, 5.74) is 13.8. The van der Waals surface area contributed by atoms with Crippen molar-refractivity contribution in [2.24, 2.45) is 11.5 Å². The highest BCUT2D eigenvalue weighted by Crippen LogP contribution is 2.30. The molecule has 10 N–H and O–H groups in total. The topological polar surface area (TPSA) is 200 Å². The molecule has 11 heteroatoms. The van der Waals surface area contributed by atoms with Crippen LogP contribution in [0.25, 0.3) is 11.1 Å². The van der Waals surface area contributed by atoms with Crippen molar-refractivity contribution in [2.75, 3.05) is 13.1 Å². The lowest BCUT2D eigenvalue weighted by atomic mass is 9.95. The van der Waals surface area contributed by atoms with Crippen LogP contribution in [-0.4, -0.2) is 70.4 Å². The van der Waals surface area contributed by atoms with Gasteiger partial charge in [-0.3, -0.25) is 14.4 Å². The minimum absolute atomic E-state index is 0.0221. The van der Waals surface area contributed by atoms with Gasteiger partial charge in [-0.25, -0.2) is 0 Å². The second-order valence-electron chi connectivity index (χ2n) is 8.84. The fourth-order valence-electron chi connectivity index (χ4n) is 4.06. The Bertz CT molecular complexity index is 1120. The Hall–Kier alpha value is -3.67. The van der Waals surface area contributed by atoms with E-state index in [0.717, 1.165) is 0 Å². The maximum Gasteiger partial charge on any atom is 0.243 e. The molecule has 3 amide bonds. The van der Waals surface area contributed by atoms with Gasteiger partial charge in [0.2, 0.25) is 17.7 Å². The number of carbonyl (C=O) groups is 3. The molecule has 0 aliphatic carbocycles. The molecule has 194 valence electrons. The summed E-state index contributed by atoms with van der Waals surface area (Å²) in [5, 5.41) is 38.7. The van der Waals surface area contributed by atoms with Crippen molar-refractivity contribution >= 4 is 17.7 Å². The maximum absolute atomic E-state index is 13.2. The van der Waals surface area contributed by atoms with Crippen molar-refractivity contribution in [3.63, 3.8) is 0 Å². The van der Waals surface area contributed by atoms with Gasteiger partial charge in [-0.15, -0.1) is 0 Å². The number of hydrogen-bond donors (Lipinski definition) is 8. The average Bonchev–Trinajstić information content (AvgIpc) is 2.85. The lowest BCUT2D eigenvalue weighted by molar-refractivity contribution is -0.133. The first kappa shape index (κ1) is 26.9. The first-order valence-electron chi connectivity index (χ1n) is 11.8. The van der Waals surface area contributed by atoms with Crippen molar-refractivity contribution in [3.8, 4) is 22.6 Å². The molecule has 0 saturated heterocycles. The van der Waals surface area contributed by atoms with Crippen LogP contribution in [0.4, 0.5) is 0 Å². The van der Waals surface area contributed by atoms with Gasteiger partial charge >= 0.3 is 0 Å². The van der Waals surface area contributed by atoms with Crippen LogP contribution in [0.5, 0.6) is 11.5 Å². The molecule has 2 aromatic rings. The van der Waals surface area contributed by atoms with Gasteiger partial charge in [-0.2, -0.15) is 0 Å². The molecule has 4 bridgehead atoms. The molecule has 0 unspecified atom stereocenters. The first-order valence-corrected chi connectivity index (χ1v) is 11.8. The van der Waals surface area contributed by atoms with Crippen LogP contribution in [0.3, 0.4) is 0 Å². The smallest absolute Gasteiger partial charge is 0.243 e. The summed E-state index contributed by atoms with van der Waals surface area (Å²) in [6, 6.07) is 6.31. The van der Waals surface area contributed by atoms with Crippen LogP contribution < -0.4 is 27.4 Å². The number of aliphatic hydroxyl groups excluding tert-OH is 1. The van der Waals surface area contributed by atoms with Gasteiger partial charge in [0, 0.05) is 32.4 Å². The molecule has 11 nitrogen and oxygen atoms in total. The van der Waals surface area contributed by atoms with Crippen molar-refractivity contribution in [2.45, 2.75) is 50.4 Å². The second kappa shape index (κ2) is 11.8. The van der Waals surface area contributed by atoms with Crippen molar-refractivity contribution in [1.29, 1.82) is 0 Å². The summed E-state index contributed by atoms with van der Waals surface area (Å²) in [5.74, 6) is -1.97. The number of nitrogens with one attached hydrogen (secondary N) is 3. The van der Waals surface area contributed by atoms with E-state index < -0.39 is 42.0 Å². The molecule has 1 heterocycles. The van der Waals surface area contributed by atoms with E-state index in [-0.39, 0.29) is 37.3 Å². The third-order valence-electron chi connectivity index (χ3n) is 6.09. The van der Waals surface area contributed by atoms with Gasteiger partial charge < -0.3 is 42.7 Å². The van der Waals surface area contributed by atoms with Crippen LogP contribution in [0.15, 0.2) is 36.4 Å². The highest BCUT2D eigenvalue weighted by Gasteiger charge is 2.30. The lowest BCUT2D eigenvalue weighted by Gasteiger charge is -2.25. The van der Waals surface area contributed by atoms with E-state index in [4.69, 9.17) is 11.5 Å². The number of phenols is 2. The SMILES string of the molecule is CCNC(=O)[C@H]1Cc2cc(ccc2O)-c2ccc(O)c(c2)C[C@@H](N)C(=O)N[C@H](C[C@@H](O)CN)C(=O)N1. The summed E-state index contributed by atoms with van der Waals surface area (Å²) in [7, 11) is 0. The van der Waals surface area contributed by atoms with Crippen LogP contribution in [0.2, 0.25) is 0 Å². The second-order valence-corrected chi connectivity index (χ2v) is 8.84. The van der Waals surface area contributed by atoms with Gasteiger partial charge in [-0.05, 0) is 53.4 Å². The predicted octanol–water partition coefficient (Wildman–Crippen LogP) is -0.994. The summed E-state index contributed by atoms with van der Waals surface area (Å²) in [4.78, 5) is 38.9. The highest BCUT2D eigenvalue weighted by atomic mass is 16.3. The fourth-order valence-corrected chi connectivity index (χ4v) is 4.06. The number of aromatic hydroxyl groups is 2. The summed E-state index contributed by atoms with van der Waals surface area (Å²) in [6.07, 6.45) is -1.36. The van der Waals surface area contributed by atoms with Gasteiger partial charge in [0.05, 0.1) is 12.1 Å². The van der Waals surface area contributed by atoms with Crippen molar-refractivity contribution < 1.29 is 29.7 Å². The molecule has 2 aromatic carbocycles. The van der Waals surface area contributed by atoms with Gasteiger partial charge in [0.1, 0.15) is 23.6 Å². The molecule has 0 saturated carbocycles. The molecule has 4 atom stereocenters. The highest BCUT2D eigenvalue weighted by molar-refractivity contribution is 5.93. The number of aliphatic hydroxyl groups is 1. The van der Waals surface area contributed by atoms with Crippen molar-refractivity contribution in [1.82, 2.24) is 16.0 Å².